The lowest BCUT2D eigenvalue weighted by atomic mass is 9.85. The van der Waals surface area contributed by atoms with E-state index in [9.17, 15) is 43.5 Å². The fraction of sp³-hybridized carbons (Fsp3) is 0.540. The van der Waals surface area contributed by atoms with E-state index in [0.29, 0.717) is 140 Å². The number of unbranched alkanes of at least 4 members (excludes halogenated alkanes) is 2. The second-order valence-electron chi connectivity index (χ2n) is 20.9. The number of phenols is 1. The van der Waals surface area contributed by atoms with Crippen LogP contribution in [0.4, 0.5) is 10.5 Å². The van der Waals surface area contributed by atoms with E-state index in [1.54, 1.807) is 60.0 Å². The molecule has 2 aromatic carbocycles. The number of esters is 1. The maximum absolute atomic E-state index is 14.1. The van der Waals surface area contributed by atoms with Gasteiger partial charge in [-0.15, -0.1) is 0 Å². The predicted octanol–water partition coefficient (Wildman–Crippen LogP) is 4.67. The lowest BCUT2D eigenvalue weighted by Gasteiger charge is -2.35. The Balaban J connectivity index is 0.693. The first-order valence-electron chi connectivity index (χ1n) is 30.3. The summed E-state index contributed by atoms with van der Waals surface area (Å²) in [4.78, 5) is 108. The molecule has 0 bridgehead atoms. The van der Waals surface area contributed by atoms with Gasteiger partial charge >= 0.3 is 12.1 Å². The number of rotatable bonds is 42. The zero-order chi connectivity index (χ0) is 63.4. The summed E-state index contributed by atoms with van der Waals surface area (Å²) < 4.78 is 62.5. The summed E-state index contributed by atoms with van der Waals surface area (Å²) in [5.74, 6) is -2.57. The highest BCUT2D eigenvalue weighted by Crippen LogP contribution is 2.42. The van der Waals surface area contributed by atoms with E-state index in [1.165, 1.54) is 12.2 Å². The summed E-state index contributed by atoms with van der Waals surface area (Å²) in [5, 5.41) is 19.4. The Labute approximate surface area is 516 Å². The van der Waals surface area contributed by atoms with Gasteiger partial charge in [-0.3, -0.25) is 33.7 Å². The summed E-state index contributed by atoms with van der Waals surface area (Å²) in [5.41, 5.74) is 2.44. The van der Waals surface area contributed by atoms with E-state index >= 15 is 0 Å². The van der Waals surface area contributed by atoms with Gasteiger partial charge in [0.25, 0.3) is 17.4 Å². The first-order valence-corrected chi connectivity index (χ1v) is 30.3. The molecule has 0 saturated heterocycles. The SMILES string of the molecule is CCCCC[C@H](NC(=O)CCOCCOCCOCCOCCOCCOCCOCCOCCNC(=O)CCN1C(=O)C=CC1=O)C(=O)Nc1ccc(COC(=O)O[C@]2(CC)C(=O)OCc3c2cc2n(c3=O)Cc3c-2nc2ccc(O)cc2c3CC)cc1. The van der Waals surface area contributed by atoms with Gasteiger partial charge in [-0.1, -0.05) is 52.2 Å². The van der Waals surface area contributed by atoms with Crippen molar-refractivity contribution in [3.8, 4) is 17.1 Å². The summed E-state index contributed by atoms with van der Waals surface area (Å²) >= 11 is 0. The van der Waals surface area contributed by atoms with Crippen molar-refractivity contribution >= 4 is 58.3 Å². The minimum Gasteiger partial charge on any atom is -0.508 e. The van der Waals surface area contributed by atoms with Gasteiger partial charge in [0.15, 0.2) is 0 Å². The van der Waals surface area contributed by atoms with Crippen LogP contribution in [0.1, 0.15) is 93.5 Å². The number of fused-ring (bicyclic) bond motifs is 5. The summed E-state index contributed by atoms with van der Waals surface area (Å²) in [6.45, 7) is 11.4. The van der Waals surface area contributed by atoms with Crippen LogP contribution < -0.4 is 21.5 Å². The molecule has 0 radical (unpaired) electrons. The topological polar surface area (TPSA) is 315 Å². The van der Waals surface area contributed by atoms with Crippen LogP contribution in [0.2, 0.25) is 0 Å². The van der Waals surface area contributed by atoms with Crippen LogP contribution in [-0.2, 0) is 113 Å². The quantitative estimate of drug-likeness (QED) is 0.0234. The third-order valence-corrected chi connectivity index (χ3v) is 14.8. The van der Waals surface area contributed by atoms with E-state index in [2.05, 4.69) is 16.0 Å². The zero-order valence-electron chi connectivity index (χ0n) is 50.9. The highest BCUT2D eigenvalue weighted by atomic mass is 16.7. The van der Waals surface area contributed by atoms with E-state index in [-0.39, 0.29) is 87.5 Å². The Bertz CT molecular complexity index is 3120. The van der Waals surface area contributed by atoms with Crippen molar-refractivity contribution in [3.05, 3.63) is 98.9 Å². The van der Waals surface area contributed by atoms with Crippen LogP contribution in [-0.4, -0.2) is 186 Å². The molecule has 7 rings (SSSR count). The molecule has 2 aromatic heterocycles. The standard InChI is InChI=1S/C63H82N6O20/c1-4-7-8-9-52(66-55(72)19-22-79-24-26-81-28-30-83-32-34-85-36-37-86-35-33-84-31-29-82-27-25-80-23-20-64-54(71)18-21-68-56(73)16-17-57(68)74)59(75)65-44-12-10-43(11-13-44)41-88-62(78)89-63(6-3)50-39-53-58-48(40-69(53)60(76)49(50)42-87-61(63)77)46(5-2)47-38-45(70)14-15-51(47)67-58/h10-17,38-39,52,70H,4-9,18-37,40-42H2,1-3H3,(H,64,71)(H,65,75)(H,66,72)/t52-,63-/m0/s1. The van der Waals surface area contributed by atoms with Crippen molar-refractivity contribution in [1.82, 2.24) is 25.1 Å². The zero-order valence-corrected chi connectivity index (χ0v) is 50.9. The smallest absolute Gasteiger partial charge is 0.508 e. The number of aromatic nitrogens is 2. The van der Waals surface area contributed by atoms with Crippen molar-refractivity contribution in [2.75, 3.05) is 124 Å². The molecule has 0 aliphatic carbocycles. The van der Waals surface area contributed by atoms with Gasteiger partial charge in [-0.25, -0.2) is 14.6 Å². The number of carbonyl (C=O) groups excluding carboxylic acids is 7. The number of benzene rings is 2. The number of amides is 5. The van der Waals surface area contributed by atoms with Crippen LogP contribution in [0, 0.1) is 0 Å². The van der Waals surface area contributed by atoms with Gasteiger partial charge in [-0.05, 0) is 66.8 Å². The number of anilines is 1. The molecule has 2 atom stereocenters. The van der Waals surface area contributed by atoms with Crippen LogP contribution in [0.15, 0.2) is 65.5 Å². The van der Waals surface area contributed by atoms with Crippen molar-refractivity contribution < 1.29 is 90.8 Å². The number of hydrogen-bond acceptors (Lipinski definition) is 21. The Kier molecular flexibility index (Phi) is 27.9. The highest BCUT2D eigenvalue weighted by Gasteiger charge is 2.51. The molecule has 5 heterocycles. The second kappa shape index (κ2) is 36.1. The number of aromatic hydroxyl groups is 1. The van der Waals surface area contributed by atoms with Gasteiger partial charge in [0, 0.05) is 60.3 Å². The van der Waals surface area contributed by atoms with Gasteiger partial charge in [0.2, 0.25) is 23.3 Å². The Morgan fingerprint density at radius 3 is 1.88 bits per heavy atom. The minimum absolute atomic E-state index is 0.0289. The Morgan fingerprint density at radius 1 is 0.697 bits per heavy atom. The third kappa shape index (κ3) is 20.2. The summed E-state index contributed by atoms with van der Waals surface area (Å²) in [7, 11) is 0. The van der Waals surface area contributed by atoms with Crippen molar-refractivity contribution in [2.24, 2.45) is 0 Å². The van der Waals surface area contributed by atoms with Crippen LogP contribution >= 0.6 is 0 Å². The van der Waals surface area contributed by atoms with Gasteiger partial charge in [0.1, 0.15) is 25.0 Å². The lowest BCUT2D eigenvalue weighted by molar-refractivity contribution is -0.175. The fourth-order valence-electron chi connectivity index (χ4n) is 10.1. The molecule has 0 fully saturated rings. The lowest BCUT2D eigenvalue weighted by Crippen LogP contribution is -2.47. The number of aryl methyl sites for hydroxylation is 1. The number of carbonyl (C=O) groups is 7. The molecule has 3 aliphatic heterocycles. The second-order valence-corrected chi connectivity index (χ2v) is 20.9. The minimum atomic E-state index is -1.98. The summed E-state index contributed by atoms with van der Waals surface area (Å²) in [6.07, 6.45) is 4.79. The molecular weight excluding hydrogens is 1160 g/mol. The number of ether oxygens (including phenoxy) is 11. The third-order valence-electron chi connectivity index (χ3n) is 14.8. The van der Waals surface area contributed by atoms with E-state index < -0.39 is 47.0 Å². The van der Waals surface area contributed by atoms with Gasteiger partial charge in [0.05, 0.1) is 135 Å². The Hall–Kier alpha value is -7.69. The molecular formula is C63H82N6O20. The number of hydrogen-bond donors (Lipinski definition) is 4. The number of nitrogens with zero attached hydrogens (tertiary/aromatic N) is 3. The molecule has 89 heavy (non-hydrogen) atoms. The average molecular weight is 1240 g/mol. The van der Waals surface area contributed by atoms with Gasteiger partial charge in [-0.2, -0.15) is 0 Å². The number of pyridine rings is 2. The van der Waals surface area contributed by atoms with Crippen molar-refractivity contribution in [3.63, 3.8) is 0 Å². The predicted molar refractivity (Wildman–Crippen MR) is 320 cm³/mol. The largest absolute Gasteiger partial charge is 0.510 e. The van der Waals surface area contributed by atoms with Crippen LogP contribution in [0.25, 0.3) is 22.3 Å². The highest BCUT2D eigenvalue weighted by molar-refractivity contribution is 6.13. The van der Waals surface area contributed by atoms with Crippen LogP contribution in [0.3, 0.4) is 0 Å². The molecule has 0 spiro atoms. The molecule has 26 nitrogen and oxygen atoms in total. The average Bonchev–Trinajstić information content (AvgIpc) is 1.81. The molecule has 484 valence electrons. The Morgan fingerprint density at radius 2 is 1.29 bits per heavy atom. The first-order chi connectivity index (χ1) is 43.3. The first kappa shape index (κ1) is 68.8. The molecule has 26 heteroatoms. The molecule has 3 aliphatic rings. The molecule has 0 saturated carbocycles. The van der Waals surface area contributed by atoms with Gasteiger partial charge < -0.3 is 77.7 Å². The number of phenolic OH excluding ortho intramolecular Hbond substituents is 1. The van der Waals surface area contributed by atoms with Crippen molar-refractivity contribution in [1.29, 1.82) is 0 Å². The molecule has 4 N–H and O–H groups in total. The maximum Gasteiger partial charge on any atom is 0.510 e. The van der Waals surface area contributed by atoms with Crippen LogP contribution in [0.5, 0.6) is 5.75 Å². The van der Waals surface area contributed by atoms with Crippen molar-refractivity contribution in [2.45, 2.75) is 104 Å². The normalized spacial score (nSPS) is 15.2. The number of nitrogens with one attached hydrogen (secondary N) is 3. The fourth-order valence-corrected chi connectivity index (χ4v) is 10.1. The van der Waals surface area contributed by atoms with E-state index in [0.717, 1.165) is 40.7 Å². The number of cyclic esters (lactones) is 1. The number of imide groups is 1. The molecule has 5 amide bonds. The summed E-state index contributed by atoms with van der Waals surface area (Å²) in [6, 6.07) is 12.4. The molecule has 4 aromatic rings. The molecule has 0 unspecified atom stereocenters. The monoisotopic (exact) mass is 1240 g/mol. The maximum atomic E-state index is 14.1. The van der Waals surface area contributed by atoms with E-state index in [4.69, 9.17) is 57.1 Å². The van der Waals surface area contributed by atoms with E-state index in [1.807, 2.05) is 13.8 Å².